The van der Waals surface area contributed by atoms with E-state index in [0.29, 0.717) is 11.8 Å². The van der Waals surface area contributed by atoms with Crippen LogP contribution in [-0.4, -0.2) is 23.2 Å². The molecule has 4 nitrogen and oxygen atoms in total. The first-order valence-electron chi connectivity index (χ1n) is 5.85. The van der Waals surface area contributed by atoms with Crippen molar-refractivity contribution < 1.29 is 4.52 Å². The number of aromatic nitrogens is 2. The van der Waals surface area contributed by atoms with Crippen LogP contribution in [0.25, 0.3) is 0 Å². The number of nitrogens with one attached hydrogen (secondary N) is 1. The lowest BCUT2D eigenvalue weighted by molar-refractivity contribution is 0.319. The molecule has 1 aromatic heterocycles. The molecule has 2 heterocycles. The summed E-state index contributed by atoms with van der Waals surface area (Å²) in [6.07, 6.45) is 3.42. The van der Waals surface area contributed by atoms with Gasteiger partial charge in [-0.2, -0.15) is 4.98 Å². The lowest BCUT2D eigenvalue weighted by Gasteiger charge is -2.18. The molecule has 1 aliphatic heterocycles. The van der Waals surface area contributed by atoms with E-state index in [9.17, 15) is 0 Å². The number of nitrogens with zero attached hydrogens (tertiary/aromatic N) is 2. The molecule has 0 aliphatic carbocycles. The van der Waals surface area contributed by atoms with Crippen molar-refractivity contribution in [2.45, 2.75) is 44.9 Å². The average Bonchev–Trinajstić information content (AvgIpc) is 2.78. The Balaban J connectivity index is 2.05. The Labute approximate surface area is 90.4 Å². The summed E-state index contributed by atoms with van der Waals surface area (Å²) in [7, 11) is 0. The number of piperidine rings is 1. The Morgan fingerprint density at radius 2 is 2.47 bits per heavy atom. The van der Waals surface area contributed by atoms with Crippen molar-refractivity contribution in [3.8, 4) is 0 Å². The van der Waals surface area contributed by atoms with Gasteiger partial charge in [0.2, 0.25) is 5.89 Å². The van der Waals surface area contributed by atoms with Gasteiger partial charge in [0, 0.05) is 12.5 Å². The summed E-state index contributed by atoms with van der Waals surface area (Å²) in [5.74, 6) is 2.50. The van der Waals surface area contributed by atoms with Gasteiger partial charge < -0.3 is 9.84 Å². The van der Waals surface area contributed by atoms with Gasteiger partial charge in [-0.05, 0) is 25.8 Å². The van der Waals surface area contributed by atoms with Crippen LogP contribution in [0.2, 0.25) is 0 Å². The highest BCUT2D eigenvalue weighted by molar-refractivity contribution is 4.99. The number of hydrogen-bond donors (Lipinski definition) is 1. The Kier molecular flexibility index (Phi) is 3.36. The maximum Gasteiger partial charge on any atom is 0.231 e. The minimum Gasteiger partial charge on any atom is -0.339 e. The predicted octanol–water partition coefficient (Wildman–Crippen LogP) is 2.05. The summed E-state index contributed by atoms with van der Waals surface area (Å²) in [6, 6.07) is 0. The van der Waals surface area contributed by atoms with E-state index in [1.807, 2.05) is 0 Å². The second kappa shape index (κ2) is 4.75. The molecule has 1 aliphatic rings. The molecular formula is C11H19N3O. The molecule has 2 atom stereocenters. The van der Waals surface area contributed by atoms with E-state index in [4.69, 9.17) is 4.52 Å². The monoisotopic (exact) mass is 209 g/mol. The third-order valence-corrected chi connectivity index (χ3v) is 3.16. The Hall–Kier alpha value is -0.900. The molecule has 0 bridgehead atoms. The average molecular weight is 209 g/mol. The molecule has 0 unspecified atom stereocenters. The van der Waals surface area contributed by atoms with Gasteiger partial charge in [0.1, 0.15) is 0 Å². The molecule has 0 saturated carbocycles. The Morgan fingerprint density at radius 3 is 3.13 bits per heavy atom. The minimum absolute atomic E-state index is 0.402. The van der Waals surface area contributed by atoms with Crippen molar-refractivity contribution in [3.05, 3.63) is 11.7 Å². The summed E-state index contributed by atoms with van der Waals surface area (Å²) < 4.78 is 5.33. The molecular weight excluding hydrogens is 190 g/mol. The molecule has 0 amide bonds. The molecule has 15 heavy (non-hydrogen) atoms. The zero-order valence-corrected chi connectivity index (χ0v) is 9.49. The van der Waals surface area contributed by atoms with Gasteiger partial charge in [-0.1, -0.05) is 19.0 Å². The zero-order valence-electron chi connectivity index (χ0n) is 9.49. The Morgan fingerprint density at radius 1 is 1.60 bits per heavy atom. The van der Waals surface area contributed by atoms with Crippen LogP contribution in [-0.2, 0) is 0 Å². The summed E-state index contributed by atoms with van der Waals surface area (Å²) >= 11 is 0. The first-order chi connectivity index (χ1) is 7.31. The highest BCUT2D eigenvalue weighted by Gasteiger charge is 2.22. The van der Waals surface area contributed by atoms with E-state index < -0.39 is 0 Å². The molecule has 0 aromatic carbocycles. The summed E-state index contributed by atoms with van der Waals surface area (Å²) in [6.45, 7) is 6.36. The minimum atomic E-state index is 0.402. The van der Waals surface area contributed by atoms with Gasteiger partial charge in [-0.15, -0.1) is 0 Å². The van der Waals surface area contributed by atoms with Gasteiger partial charge in [0.05, 0.1) is 5.92 Å². The summed E-state index contributed by atoms with van der Waals surface area (Å²) in [5.41, 5.74) is 0. The van der Waals surface area contributed by atoms with Gasteiger partial charge in [-0.3, -0.25) is 0 Å². The lowest BCUT2D eigenvalue weighted by Crippen LogP contribution is -2.28. The van der Waals surface area contributed by atoms with E-state index in [2.05, 4.69) is 29.3 Å². The predicted molar refractivity (Wildman–Crippen MR) is 57.8 cm³/mol. The van der Waals surface area contributed by atoms with Gasteiger partial charge >= 0.3 is 0 Å². The van der Waals surface area contributed by atoms with Crippen LogP contribution in [0.5, 0.6) is 0 Å². The molecule has 1 aromatic rings. The van der Waals surface area contributed by atoms with Crippen LogP contribution in [0, 0.1) is 0 Å². The van der Waals surface area contributed by atoms with Crippen LogP contribution in [0.15, 0.2) is 4.52 Å². The van der Waals surface area contributed by atoms with Crippen molar-refractivity contribution in [2.75, 3.05) is 13.1 Å². The second-order valence-electron chi connectivity index (χ2n) is 4.34. The maximum absolute atomic E-state index is 5.33. The van der Waals surface area contributed by atoms with Crippen molar-refractivity contribution in [1.29, 1.82) is 0 Å². The van der Waals surface area contributed by atoms with E-state index in [-0.39, 0.29) is 0 Å². The topological polar surface area (TPSA) is 51.0 Å². The fourth-order valence-electron chi connectivity index (χ4n) is 1.86. The van der Waals surface area contributed by atoms with Gasteiger partial charge in [-0.25, -0.2) is 0 Å². The lowest BCUT2D eigenvalue weighted by atomic mass is 10.00. The van der Waals surface area contributed by atoms with Crippen LogP contribution < -0.4 is 5.32 Å². The number of hydrogen-bond acceptors (Lipinski definition) is 4. The van der Waals surface area contributed by atoms with Crippen molar-refractivity contribution in [1.82, 2.24) is 15.5 Å². The molecule has 1 fully saturated rings. The molecule has 1 saturated heterocycles. The first kappa shape index (κ1) is 10.6. The van der Waals surface area contributed by atoms with E-state index >= 15 is 0 Å². The van der Waals surface area contributed by atoms with Crippen LogP contribution in [0.1, 0.15) is 56.7 Å². The molecule has 0 radical (unpaired) electrons. The SMILES string of the molecule is CC[C@@H](C)c1noc([C@@H]2CCCNC2)n1. The highest BCUT2D eigenvalue weighted by Crippen LogP contribution is 2.23. The molecule has 0 spiro atoms. The third kappa shape index (κ3) is 2.37. The van der Waals surface area contributed by atoms with Crippen molar-refractivity contribution >= 4 is 0 Å². The molecule has 84 valence electrons. The van der Waals surface area contributed by atoms with E-state index in [0.717, 1.165) is 37.6 Å². The second-order valence-corrected chi connectivity index (χ2v) is 4.34. The van der Waals surface area contributed by atoms with Crippen LogP contribution >= 0.6 is 0 Å². The summed E-state index contributed by atoms with van der Waals surface area (Å²) in [4.78, 5) is 4.49. The molecule has 4 heteroatoms. The third-order valence-electron chi connectivity index (χ3n) is 3.16. The summed E-state index contributed by atoms with van der Waals surface area (Å²) in [5, 5.41) is 7.41. The smallest absolute Gasteiger partial charge is 0.231 e. The maximum atomic E-state index is 5.33. The van der Waals surface area contributed by atoms with Crippen LogP contribution in [0.4, 0.5) is 0 Å². The molecule has 1 N–H and O–H groups in total. The normalized spacial score (nSPS) is 24.0. The largest absolute Gasteiger partial charge is 0.339 e. The standard InChI is InChI=1S/C11H19N3O/c1-3-8(2)10-13-11(15-14-10)9-5-4-6-12-7-9/h8-9,12H,3-7H2,1-2H3/t8-,9-/m1/s1. The highest BCUT2D eigenvalue weighted by atomic mass is 16.5. The number of rotatable bonds is 3. The first-order valence-corrected chi connectivity index (χ1v) is 5.85. The van der Waals surface area contributed by atoms with Gasteiger partial charge in [0.15, 0.2) is 5.82 Å². The molecule has 2 rings (SSSR count). The van der Waals surface area contributed by atoms with E-state index in [1.165, 1.54) is 6.42 Å². The quantitative estimate of drug-likeness (QED) is 0.827. The van der Waals surface area contributed by atoms with Crippen molar-refractivity contribution in [3.63, 3.8) is 0 Å². The van der Waals surface area contributed by atoms with Gasteiger partial charge in [0.25, 0.3) is 0 Å². The zero-order chi connectivity index (χ0) is 10.7. The Bertz CT molecular complexity index is 305. The van der Waals surface area contributed by atoms with Crippen LogP contribution in [0.3, 0.4) is 0 Å². The van der Waals surface area contributed by atoms with E-state index in [1.54, 1.807) is 0 Å². The van der Waals surface area contributed by atoms with Crippen molar-refractivity contribution in [2.24, 2.45) is 0 Å². The fourth-order valence-corrected chi connectivity index (χ4v) is 1.86. The fraction of sp³-hybridized carbons (Fsp3) is 0.818.